The number of carbonyl (C=O) groups is 2. The van der Waals surface area contributed by atoms with Gasteiger partial charge in [-0.2, -0.15) is 0 Å². The molecule has 0 bridgehead atoms. The van der Waals surface area contributed by atoms with Gasteiger partial charge in [-0.05, 0) is 44.4 Å². The quantitative estimate of drug-likeness (QED) is 0.820. The minimum Gasteiger partial charge on any atom is -0.380 e. The Balaban J connectivity index is 1.73. The molecule has 1 saturated heterocycles. The van der Waals surface area contributed by atoms with Gasteiger partial charge in [0.1, 0.15) is 6.54 Å². The van der Waals surface area contributed by atoms with Gasteiger partial charge >= 0.3 is 0 Å². The first-order chi connectivity index (χ1) is 11.6. The zero-order chi connectivity index (χ0) is 17.1. The fraction of sp³-hybridized carbons (Fsp3) is 0.556. The smallest absolute Gasteiger partial charge is 0.242 e. The van der Waals surface area contributed by atoms with Crippen LogP contribution < -0.4 is 4.90 Å². The molecule has 0 spiro atoms. The van der Waals surface area contributed by atoms with Crippen molar-refractivity contribution in [1.29, 1.82) is 0 Å². The number of likely N-dealkylation sites (tertiary alicyclic amines) is 1. The molecule has 2 amide bonds. The predicted molar refractivity (Wildman–Crippen MR) is 95.5 cm³/mol. The van der Waals surface area contributed by atoms with Crippen molar-refractivity contribution in [3.8, 4) is 0 Å². The number of anilines is 1. The van der Waals surface area contributed by atoms with E-state index in [1.807, 2.05) is 30.9 Å². The molecule has 0 aromatic heterocycles. The number of benzene rings is 1. The lowest BCUT2D eigenvalue weighted by molar-refractivity contribution is -0.132. The minimum atomic E-state index is 0.00487. The van der Waals surface area contributed by atoms with Crippen molar-refractivity contribution >= 4 is 29.3 Å². The van der Waals surface area contributed by atoms with E-state index in [1.54, 1.807) is 16.7 Å². The first kappa shape index (κ1) is 17.3. The van der Waals surface area contributed by atoms with Crippen LogP contribution >= 0.6 is 11.8 Å². The SMILES string of the molecule is CCOCC1CCCN1C(=O)CN1C(=O)CSc2cc(C)ccc21. The van der Waals surface area contributed by atoms with Crippen molar-refractivity contribution in [3.05, 3.63) is 23.8 Å². The Morgan fingerprint density at radius 1 is 1.42 bits per heavy atom. The molecular formula is C18H24N2O3S. The number of hydrogen-bond acceptors (Lipinski definition) is 4. The summed E-state index contributed by atoms with van der Waals surface area (Å²) in [7, 11) is 0. The van der Waals surface area contributed by atoms with Gasteiger partial charge in [0.05, 0.1) is 24.1 Å². The highest BCUT2D eigenvalue weighted by atomic mass is 32.2. The molecule has 3 rings (SSSR count). The third-order valence-electron chi connectivity index (χ3n) is 4.56. The van der Waals surface area contributed by atoms with Gasteiger partial charge < -0.3 is 14.5 Å². The maximum absolute atomic E-state index is 12.8. The number of aryl methyl sites for hydroxylation is 1. The predicted octanol–water partition coefficient (Wildman–Crippen LogP) is 2.46. The van der Waals surface area contributed by atoms with Gasteiger partial charge in [-0.3, -0.25) is 9.59 Å². The monoisotopic (exact) mass is 348 g/mol. The average Bonchev–Trinajstić information content (AvgIpc) is 3.04. The van der Waals surface area contributed by atoms with E-state index >= 15 is 0 Å². The van der Waals surface area contributed by atoms with Crippen molar-refractivity contribution in [2.45, 2.75) is 37.6 Å². The maximum atomic E-state index is 12.8. The fourth-order valence-corrected chi connectivity index (χ4v) is 4.33. The van der Waals surface area contributed by atoms with E-state index in [1.165, 1.54) is 0 Å². The van der Waals surface area contributed by atoms with Crippen LogP contribution in [0.15, 0.2) is 23.1 Å². The largest absolute Gasteiger partial charge is 0.380 e. The molecular weight excluding hydrogens is 324 g/mol. The van der Waals surface area contributed by atoms with Crippen LogP contribution in [-0.4, -0.2) is 54.8 Å². The van der Waals surface area contributed by atoms with Crippen molar-refractivity contribution in [3.63, 3.8) is 0 Å². The van der Waals surface area contributed by atoms with Crippen molar-refractivity contribution in [2.75, 3.05) is 37.0 Å². The molecule has 2 aliphatic heterocycles. The number of thioether (sulfide) groups is 1. The molecule has 5 nitrogen and oxygen atoms in total. The second-order valence-corrected chi connectivity index (χ2v) is 7.30. The Labute approximate surface area is 147 Å². The summed E-state index contributed by atoms with van der Waals surface area (Å²) < 4.78 is 5.50. The van der Waals surface area contributed by atoms with E-state index in [4.69, 9.17) is 4.74 Å². The summed E-state index contributed by atoms with van der Waals surface area (Å²) in [5.74, 6) is 0.417. The van der Waals surface area contributed by atoms with Gasteiger partial charge in [-0.25, -0.2) is 0 Å². The van der Waals surface area contributed by atoms with Gasteiger partial charge in [0.15, 0.2) is 0 Å². The van der Waals surface area contributed by atoms with E-state index in [2.05, 4.69) is 6.07 Å². The highest BCUT2D eigenvalue weighted by Gasteiger charge is 2.32. The summed E-state index contributed by atoms with van der Waals surface area (Å²) in [4.78, 5) is 29.7. The molecule has 0 N–H and O–H groups in total. The molecule has 0 aliphatic carbocycles. The number of ether oxygens (including phenoxy) is 1. The Morgan fingerprint density at radius 2 is 2.25 bits per heavy atom. The van der Waals surface area contributed by atoms with E-state index in [9.17, 15) is 9.59 Å². The molecule has 2 aliphatic rings. The van der Waals surface area contributed by atoms with Gasteiger partial charge in [-0.1, -0.05) is 6.07 Å². The molecule has 0 radical (unpaired) electrons. The molecule has 2 heterocycles. The second-order valence-electron chi connectivity index (χ2n) is 6.28. The molecule has 1 atom stereocenters. The van der Waals surface area contributed by atoms with Crippen molar-refractivity contribution < 1.29 is 14.3 Å². The number of rotatable bonds is 5. The third-order valence-corrected chi connectivity index (χ3v) is 5.59. The van der Waals surface area contributed by atoms with Crippen LogP contribution in [0.4, 0.5) is 5.69 Å². The van der Waals surface area contributed by atoms with Crippen LogP contribution in [0.5, 0.6) is 0 Å². The minimum absolute atomic E-state index is 0.00487. The van der Waals surface area contributed by atoms with Crippen LogP contribution in [-0.2, 0) is 14.3 Å². The highest BCUT2D eigenvalue weighted by Crippen LogP contribution is 2.36. The zero-order valence-corrected chi connectivity index (χ0v) is 15.1. The summed E-state index contributed by atoms with van der Waals surface area (Å²) in [5, 5.41) is 0. The first-order valence-electron chi connectivity index (χ1n) is 8.51. The van der Waals surface area contributed by atoms with Gasteiger partial charge in [-0.15, -0.1) is 11.8 Å². The molecule has 24 heavy (non-hydrogen) atoms. The topological polar surface area (TPSA) is 49.9 Å². The van der Waals surface area contributed by atoms with Crippen molar-refractivity contribution in [1.82, 2.24) is 4.90 Å². The van der Waals surface area contributed by atoms with Crippen LogP contribution in [0.2, 0.25) is 0 Å². The van der Waals surface area contributed by atoms with Gasteiger partial charge in [0.25, 0.3) is 0 Å². The Morgan fingerprint density at radius 3 is 3.04 bits per heavy atom. The summed E-state index contributed by atoms with van der Waals surface area (Å²) in [5.41, 5.74) is 2.02. The molecule has 1 aromatic rings. The molecule has 1 unspecified atom stereocenters. The average molecular weight is 348 g/mol. The standard InChI is InChI=1S/C18H24N2O3S/c1-3-23-11-14-5-4-8-19(14)17(21)10-20-15-7-6-13(2)9-16(15)24-12-18(20)22/h6-7,9,14H,3-5,8,10-12H2,1-2H3. The first-order valence-corrected chi connectivity index (χ1v) is 9.49. The Kier molecular flexibility index (Phi) is 5.46. The van der Waals surface area contributed by atoms with E-state index in [0.29, 0.717) is 19.0 Å². The van der Waals surface area contributed by atoms with E-state index in [0.717, 1.165) is 35.5 Å². The number of fused-ring (bicyclic) bond motifs is 1. The number of hydrogen-bond donors (Lipinski definition) is 0. The number of amides is 2. The number of nitrogens with zero attached hydrogens (tertiary/aromatic N) is 2. The van der Waals surface area contributed by atoms with Gasteiger partial charge in [0.2, 0.25) is 11.8 Å². The highest BCUT2D eigenvalue weighted by molar-refractivity contribution is 8.00. The molecule has 6 heteroatoms. The van der Waals surface area contributed by atoms with Crippen LogP contribution in [0.3, 0.4) is 0 Å². The summed E-state index contributed by atoms with van der Waals surface area (Å²) in [6.07, 6.45) is 1.98. The van der Waals surface area contributed by atoms with Crippen LogP contribution in [0.1, 0.15) is 25.3 Å². The fourth-order valence-electron chi connectivity index (χ4n) is 3.30. The zero-order valence-electron chi connectivity index (χ0n) is 14.3. The van der Waals surface area contributed by atoms with Crippen molar-refractivity contribution in [2.24, 2.45) is 0 Å². The van der Waals surface area contributed by atoms with E-state index < -0.39 is 0 Å². The van der Waals surface area contributed by atoms with Crippen LogP contribution in [0.25, 0.3) is 0 Å². The lowest BCUT2D eigenvalue weighted by Crippen LogP contribution is -2.47. The molecule has 1 aromatic carbocycles. The summed E-state index contributed by atoms with van der Waals surface area (Å²) >= 11 is 1.55. The third kappa shape index (κ3) is 3.59. The lowest BCUT2D eigenvalue weighted by atomic mass is 10.2. The molecule has 1 fully saturated rings. The maximum Gasteiger partial charge on any atom is 0.242 e. The molecule has 130 valence electrons. The normalized spacial score (nSPS) is 20.4. The second kappa shape index (κ2) is 7.57. The number of carbonyl (C=O) groups excluding carboxylic acids is 2. The summed E-state index contributed by atoms with van der Waals surface area (Å²) in [6, 6.07) is 6.16. The van der Waals surface area contributed by atoms with Gasteiger partial charge in [0, 0.05) is 18.0 Å². The Hall–Kier alpha value is -1.53. The summed E-state index contributed by atoms with van der Waals surface area (Å²) in [6.45, 7) is 6.13. The lowest BCUT2D eigenvalue weighted by Gasteiger charge is -2.32. The van der Waals surface area contributed by atoms with E-state index in [-0.39, 0.29) is 24.4 Å². The van der Waals surface area contributed by atoms with Crippen LogP contribution in [0, 0.1) is 6.92 Å². The Bertz CT molecular complexity index is 635. The molecule has 0 saturated carbocycles.